The van der Waals surface area contributed by atoms with Gasteiger partial charge in [-0.3, -0.25) is 4.99 Å². The third-order valence-electron chi connectivity index (χ3n) is 5.94. The molecule has 1 saturated heterocycles. The molecule has 2 aliphatic heterocycles. The van der Waals surface area contributed by atoms with Gasteiger partial charge in [-0.1, -0.05) is 12.1 Å². The molecule has 0 spiro atoms. The Morgan fingerprint density at radius 2 is 2.03 bits per heavy atom. The van der Waals surface area contributed by atoms with Gasteiger partial charge in [-0.2, -0.15) is 0 Å². The van der Waals surface area contributed by atoms with E-state index in [1.54, 1.807) is 0 Å². The number of hydrogen-bond donors (Lipinski definition) is 1. The van der Waals surface area contributed by atoms with Crippen molar-refractivity contribution in [2.75, 3.05) is 46.7 Å². The number of nitrogens with zero attached hydrogens (tertiary/aromatic N) is 2. The highest BCUT2D eigenvalue weighted by Crippen LogP contribution is 2.41. The Morgan fingerprint density at radius 3 is 2.80 bits per heavy atom. The molecule has 0 atom stereocenters. The van der Waals surface area contributed by atoms with Crippen LogP contribution >= 0.6 is 11.3 Å². The van der Waals surface area contributed by atoms with Crippen LogP contribution in [0.3, 0.4) is 0 Å². The van der Waals surface area contributed by atoms with Crippen molar-refractivity contribution in [3.05, 3.63) is 46.2 Å². The molecule has 0 amide bonds. The summed E-state index contributed by atoms with van der Waals surface area (Å²) in [6, 6.07) is 10.6. The molecule has 0 aliphatic carbocycles. The van der Waals surface area contributed by atoms with Crippen molar-refractivity contribution in [3.8, 4) is 11.5 Å². The van der Waals surface area contributed by atoms with Crippen molar-refractivity contribution in [1.29, 1.82) is 0 Å². The maximum atomic E-state index is 5.69. The largest absolute Gasteiger partial charge is 0.454 e. The highest BCUT2D eigenvalue weighted by Gasteiger charge is 2.36. The summed E-state index contributed by atoms with van der Waals surface area (Å²) in [7, 11) is 2.12. The second-order valence-electron chi connectivity index (χ2n) is 7.88. The van der Waals surface area contributed by atoms with E-state index in [0.717, 1.165) is 69.6 Å². The molecule has 6 nitrogen and oxygen atoms in total. The molecule has 4 rings (SSSR count). The van der Waals surface area contributed by atoms with E-state index in [4.69, 9.17) is 19.2 Å². The molecular formula is C23H31N3O3S. The smallest absolute Gasteiger partial charge is 0.231 e. The quantitative estimate of drug-likeness (QED) is 0.538. The number of rotatable bonds is 7. The lowest BCUT2D eigenvalue weighted by Gasteiger charge is -2.37. The summed E-state index contributed by atoms with van der Waals surface area (Å²) < 4.78 is 16.8. The molecule has 30 heavy (non-hydrogen) atoms. The zero-order valence-electron chi connectivity index (χ0n) is 17.9. The van der Waals surface area contributed by atoms with Gasteiger partial charge in [0.05, 0.1) is 6.54 Å². The van der Waals surface area contributed by atoms with Crippen molar-refractivity contribution >= 4 is 17.3 Å². The molecule has 0 bridgehead atoms. The fourth-order valence-corrected chi connectivity index (χ4v) is 4.76. The van der Waals surface area contributed by atoms with Crippen LogP contribution in [0.1, 0.15) is 30.2 Å². The topological polar surface area (TPSA) is 55.3 Å². The van der Waals surface area contributed by atoms with E-state index in [2.05, 4.69) is 53.8 Å². The molecule has 2 aromatic rings. The summed E-state index contributed by atoms with van der Waals surface area (Å²) >= 11 is 1.81. The van der Waals surface area contributed by atoms with Gasteiger partial charge in [0.25, 0.3) is 0 Å². The summed E-state index contributed by atoms with van der Waals surface area (Å²) in [4.78, 5) is 8.72. The molecule has 2 aliphatic rings. The van der Waals surface area contributed by atoms with Gasteiger partial charge in [0, 0.05) is 43.6 Å². The summed E-state index contributed by atoms with van der Waals surface area (Å²) in [5.74, 6) is 2.62. The van der Waals surface area contributed by atoms with E-state index < -0.39 is 0 Å². The zero-order valence-corrected chi connectivity index (χ0v) is 18.7. The minimum atomic E-state index is -0.0471. The first-order chi connectivity index (χ1) is 14.7. The van der Waals surface area contributed by atoms with E-state index in [0.29, 0.717) is 6.79 Å². The number of thiophene rings is 1. The molecule has 1 aromatic heterocycles. The van der Waals surface area contributed by atoms with Crippen LogP contribution in [0.5, 0.6) is 11.5 Å². The number of fused-ring (bicyclic) bond motifs is 1. The van der Waals surface area contributed by atoms with E-state index in [1.165, 1.54) is 10.4 Å². The monoisotopic (exact) mass is 429 g/mol. The third-order valence-corrected chi connectivity index (χ3v) is 6.87. The van der Waals surface area contributed by atoms with E-state index >= 15 is 0 Å². The molecule has 0 saturated carbocycles. The second-order valence-corrected chi connectivity index (χ2v) is 8.91. The number of benzene rings is 1. The van der Waals surface area contributed by atoms with Gasteiger partial charge in [0.2, 0.25) is 6.79 Å². The fourth-order valence-electron chi connectivity index (χ4n) is 4.06. The van der Waals surface area contributed by atoms with Crippen LogP contribution in [0.15, 0.2) is 40.7 Å². The van der Waals surface area contributed by atoms with Crippen LogP contribution in [-0.2, 0) is 16.6 Å². The second kappa shape index (κ2) is 9.71. The number of guanidine groups is 1. The first kappa shape index (κ1) is 21.0. The maximum Gasteiger partial charge on any atom is 0.231 e. The summed E-state index contributed by atoms with van der Waals surface area (Å²) in [5.41, 5.74) is 1.21. The number of likely N-dealkylation sites (N-methyl/N-ethyl adjacent to an activating group) is 1. The Bertz CT molecular complexity index is 847. The Balaban J connectivity index is 1.52. The minimum Gasteiger partial charge on any atom is -0.454 e. The minimum absolute atomic E-state index is 0.0471. The zero-order chi connectivity index (χ0) is 20.8. The number of hydrogen-bond acceptors (Lipinski definition) is 5. The van der Waals surface area contributed by atoms with Gasteiger partial charge in [-0.05, 0) is 55.3 Å². The van der Waals surface area contributed by atoms with Crippen LogP contribution in [0.4, 0.5) is 0 Å². The van der Waals surface area contributed by atoms with Gasteiger partial charge in [-0.25, -0.2) is 0 Å². The predicted octanol–water partition coefficient (Wildman–Crippen LogP) is 3.67. The van der Waals surface area contributed by atoms with E-state index in [9.17, 15) is 0 Å². The SMILES string of the molecule is CCNC(=NCC1(c2ccc3c(c2)OCO3)CCOCC1)N(C)CCc1cccs1. The van der Waals surface area contributed by atoms with E-state index in [1.807, 2.05) is 17.4 Å². The van der Waals surface area contributed by atoms with Crippen molar-refractivity contribution in [2.24, 2.45) is 4.99 Å². The molecule has 162 valence electrons. The first-order valence-electron chi connectivity index (χ1n) is 10.7. The Morgan fingerprint density at radius 1 is 1.20 bits per heavy atom. The van der Waals surface area contributed by atoms with Gasteiger partial charge < -0.3 is 24.4 Å². The van der Waals surface area contributed by atoms with Gasteiger partial charge in [0.15, 0.2) is 17.5 Å². The maximum absolute atomic E-state index is 5.69. The Hall–Kier alpha value is -2.25. The molecule has 7 heteroatoms. The summed E-state index contributed by atoms with van der Waals surface area (Å²) in [6.07, 6.45) is 2.93. The molecule has 1 fully saturated rings. The summed E-state index contributed by atoms with van der Waals surface area (Å²) in [5, 5.41) is 5.60. The normalized spacial score (nSPS) is 17.7. The van der Waals surface area contributed by atoms with Gasteiger partial charge >= 0.3 is 0 Å². The summed E-state index contributed by atoms with van der Waals surface area (Å²) in [6.45, 7) is 6.44. The lowest BCUT2D eigenvalue weighted by atomic mass is 9.74. The molecule has 0 radical (unpaired) electrons. The van der Waals surface area contributed by atoms with E-state index in [-0.39, 0.29) is 5.41 Å². The predicted molar refractivity (Wildman–Crippen MR) is 121 cm³/mol. The van der Waals surface area contributed by atoms with Crippen molar-refractivity contribution in [2.45, 2.75) is 31.6 Å². The molecular weight excluding hydrogens is 398 g/mol. The van der Waals surface area contributed by atoms with Crippen LogP contribution in [0, 0.1) is 0 Å². The Labute approximate surface area is 182 Å². The molecule has 1 N–H and O–H groups in total. The lowest BCUT2D eigenvalue weighted by molar-refractivity contribution is 0.0529. The molecule has 1 aromatic carbocycles. The van der Waals surface area contributed by atoms with Gasteiger partial charge in [0.1, 0.15) is 0 Å². The Kier molecular flexibility index (Phi) is 6.79. The van der Waals surface area contributed by atoms with Crippen molar-refractivity contribution < 1.29 is 14.2 Å². The number of nitrogens with one attached hydrogen (secondary N) is 1. The van der Waals surface area contributed by atoms with Gasteiger partial charge in [-0.15, -0.1) is 11.3 Å². The number of ether oxygens (including phenoxy) is 3. The fraction of sp³-hybridized carbons (Fsp3) is 0.522. The molecule has 0 unspecified atom stereocenters. The van der Waals surface area contributed by atoms with Crippen LogP contribution in [-0.4, -0.2) is 57.5 Å². The average Bonchev–Trinajstić information content (AvgIpc) is 3.47. The standard InChI is InChI=1S/C23H31N3O3S/c1-3-24-22(26(2)11-8-19-5-4-14-30-19)25-16-23(9-12-27-13-10-23)18-6-7-20-21(15-18)29-17-28-20/h4-7,14-15H,3,8-13,16-17H2,1-2H3,(H,24,25). The van der Waals surface area contributed by atoms with Crippen molar-refractivity contribution in [3.63, 3.8) is 0 Å². The van der Waals surface area contributed by atoms with Crippen LogP contribution in [0.2, 0.25) is 0 Å². The van der Waals surface area contributed by atoms with Crippen molar-refractivity contribution in [1.82, 2.24) is 10.2 Å². The lowest BCUT2D eigenvalue weighted by Crippen LogP contribution is -2.42. The highest BCUT2D eigenvalue weighted by molar-refractivity contribution is 7.09. The first-order valence-corrected chi connectivity index (χ1v) is 11.6. The number of aliphatic imine (C=N–C) groups is 1. The van der Waals surface area contributed by atoms with Crippen LogP contribution < -0.4 is 14.8 Å². The van der Waals surface area contributed by atoms with Crippen LogP contribution in [0.25, 0.3) is 0 Å². The third kappa shape index (κ3) is 4.73. The highest BCUT2D eigenvalue weighted by atomic mass is 32.1. The molecule has 3 heterocycles. The average molecular weight is 430 g/mol.